The van der Waals surface area contributed by atoms with Gasteiger partial charge in [0.05, 0.1) is 17.4 Å². The summed E-state index contributed by atoms with van der Waals surface area (Å²) in [4.78, 5) is 20.4. The van der Waals surface area contributed by atoms with E-state index in [0.29, 0.717) is 17.9 Å². The number of carbonyl (C=O) groups excluding carboxylic acids is 1. The van der Waals surface area contributed by atoms with E-state index < -0.39 is 11.7 Å². The van der Waals surface area contributed by atoms with E-state index in [1.54, 1.807) is 36.7 Å². The largest absolute Gasteiger partial charge is 0.439 e. The maximum absolute atomic E-state index is 12.7. The van der Waals surface area contributed by atoms with E-state index in [1.165, 1.54) is 6.07 Å². The zero-order valence-corrected chi connectivity index (χ0v) is 17.7. The average molecular weight is 453 g/mol. The number of benzene rings is 1. The van der Waals surface area contributed by atoms with Crippen molar-refractivity contribution in [1.29, 1.82) is 0 Å². The molecule has 1 saturated carbocycles. The van der Waals surface area contributed by atoms with Crippen LogP contribution >= 0.6 is 0 Å². The number of anilines is 1. The van der Waals surface area contributed by atoms with Crippen molar-refractivity contribution in [3.05, 3.63) is 83.8 Å². The summed E-state index contributed by atoms with van der Waals surface area (Å²) in [5.41, 5.74) is 1.91. The molecule has 0 aliphatic heterocycles. The first kappa shape index (κ1) is 22.5. The quantitative estimate of drug-likeness (QED) is 0.479. The minimum Gasteiger partial charge on any atom is -0.439 e. The molecule has 0 spiro atoms. The number of allylic oxidation sites excluding steroid dienone is 1. The van der Waals surface area contributed by atoms with Gasteiger partial charge >= 0.3 is 6.18 Å². The molecule has 1 amide bonds. The Balaban J connectivity index is 1.41. The van der Waals surface area contributed by atoms with Gasteiger partial charge in [0.2, 0.25) is 11.8 Å². The molecule has 2 heterocycles. The number of ether oxygens (including phenoxy) is 1. The highest BCUT2D eigenvalue weighted by atomic mass is 19.4. The molecule has 1 aliphatic carbocycles. The fourth-order valence-corrected chi connectivity index (χ4v) is 3.76. The molecule has 2 aromatic heterocycles. The molecule has 0 radical (unpaired) electrons. The lowest BCUT2D eigenvalue weighted by atomic mass is 9.84. The van der Waals surface area contributed by atoms with Crippen LogP contribution < -0.4 is 10.1 Å². The van der Waals surface area contributed by atoms with E-state index in [9.17, 15) is 18.0 Å². The molecule has 1 unspecified atom stereocenters. The molecule has 8 heteroatoms. The van der Waals surface area contributed by atoms with Gasteiger partial charge in [0.15, 0.2) is 0 Å². The summed E-state index contributed by atoms with van der Waals surface area (Å²) < 4.78 is 43.7. The molecule has 1 aromatic carbocycles. The monoisotopic (exact) mass is 453 g/mol. The number of nitrogens with one attached hydrogen (secondary N) is 1. The number of aromatic nitrogens is 2. The van der Waals surface area contributed by atoms with Crippen LogP contribution in [0.15, 0.2) is 72.7 Å². The van der Waals surface area contributed by atoms with E-state index in [1.807, 2.05) is 18.2 Å². The molecule has 33 heavy (non-hydrogen) atoms. The summed E-state index contributed by atoms with van der Waals surface area (Å²) >= 11 is 0. The number of amides is 1. The molecule has 1 N–H and O–H groups in total. The summed E-state index contributed by atoms with van der Waals surface area (Å²) in [7, 11) is 0. The SMILES string of the molecule is O=C(Nc1cccnc1)C1CCCC(=Cc2cccc(Oc3ccc(C(F)(F)F)cn3)c2)C1. The second kappa shape index (κ2) is 9.85. The van der Waals surface area contributed by atoms with Crippen LogP contribution in [0.25, 0.3) is 6.08 Å². The summed E-state index contributed by atoms with van der Waals surface area (Å²) in [6.07, 6.45) is 4.94. The molecule has 4 rings (SSSR count). The number of hydrogen-bond acceptors (Lipinski definition) is 4. The molecular formula is C25H22F3N3O2. The van der Waals surface area contributed by atoms with Crippen molar-refractivity contribution in [3.63, 3.8) is 0 Å². The van der Waals surface area contributed by atoms with Crippen molar-refractivity contribution < 1.29 is 22.7 Å². The highest BCUT2D eigenvalue weighted by Gasteiger charge is 2.30. The molecule has 1 aliphatic rings. The number of nitrogens with zero attached hydrogens (tertiary/aromatic N) is 2. The summed E-state index contributed by atoms with van der Waals surface area (Å²) in [6.45, 7) is 0. The van der Waals surface area contributed by atoms with Crippen LogP contribution in [0, 0.1) is 5.92 Å². The van der Waals surface area contributed by atoms with Gasteiger partial charge in [0.1, 0.15) is 5.75 Å². The first-order chi connectivity index (χ1) is 15.9. The molecule has 0 bridgehead atoms. The predicted octanol–water partition coefficient (Wildman–Crippen LogP) is 6.50. The van der Waals surface area contributed by atoms with Crippen molar-refractivity contribution in [1.82, 2.24) is 9.97 Å². The van der Waals surface area contributed by atoms with Gasteiger partial charge in [0, 0.05) is 24.4 Å². The predicted molar refractivity (Wildman–Crippen MR) is 119 cm³/mol. The maximum Gasteiger partial charge on any atom is 0.417 e. The van der Waals surface area contributed by atoms with Gasteiger partial charge in [-0.05, 0) is 61.6 Å². The minimum absolute atomic E-state index is 0.0148. The number of pyridine rings is 2. The van der Waals surface area contributed by atoms with Crippen LogP contribution in [0.5, 0.6) is 11.6 Å². The topological polar surface area (TPSA) is 64.1 Å². The van der Waals surface area contributed by atoms with Crippen LogP contribution in [-0.2, 0) is 11.0 Å². The fraction of sp³-hybridized carbons (Fsp3) is 0.240. The number of halogens is 3. The highest BCUT2D eigenvalue weighted by molar-refractivity contribution is 5.92. The minimum atomic E-state index is -4.44. The normalized spacial score (nSPS) is 17.5. The average Bonchev–Trinajstić information content (AvgIpc) is 2.80. The summed E-state index contributed by atoms with van der Waals surface area (Å²) in [6, 6.07) is 12.9. The first-order valence-electron chi connectivity index (χ1n) is 10.6. The smallest absolute Gasteiger partial charge is 0.417 e. The second-order valence-corrected chi connectivity index (χ2v) is 7.88. The Kier molecular flexibility index (Phi) is 6.72. The number of rotatable bonds is 5. The Morgan fingerprint density at radius 3 is 2.73 bits per heavy atom. The maximum atomic E-state index is 12.7. The van der Waals surface area contributed by atoms with E-state index >= 15 is 0 Å². The lowest BCUT2D eigenvalue weighted by molar-refractivity contribution is -0.137. The van der Waals surface area contributed by atoms with Gasteiger partial charge in [-0.3, -0.25) is 9.78 Å². The Morgan fingerprint density at radius 2 is 2.00 bits per heavy atom. The van der Waals surface area contributed by atoms with Gasteiger partial charge in [-0.15, -0.1) is 0 Å². The van der Waals surface area contributed by atoms with Crippen LogP contribution in [0.2, 0.25) is 0 Å². The third kappa shape index (κ3) is 6.19. The standard InChI is InChI=1S/C25H22F3N3O2/c26-25(27,28)20-9-10-23(30-15-20)33-22-8-2-5-18(14-22)12-17-4-1-6-19(13-17)24(32)31-21-7-3-11-29-16-21/h2-3,5,7-12,14-16,19H,1,4,6,13H2,(H,31,32). The van der Waals surface area contributed by atoms with Crippen molar-refractivity contribution in [2.24, 2.45) is 5.92 Å². The van der Waals surface area contributed by atoms with Crippen LogP contribution in [0.4, 0.5) is 18.9 Å². The van der Waals surface area contributed by atoms with Crippen LogP contribution in [-0.4, -0.2) is 15.9 Å². The van der Waals surface area contributed by atoms with Crippen LogP contribution in [0.3, 0.4) is 0 Å². The van der Waals surface area contributed by atoms with Gasteiger partial charge in [-0.1, -0.05) is 23.8 Å². The number of alkyl halides is 3. The molecular weight excluding hydrogens is 431 g/mol. The highest BCUT2D eigenvalue weighted by Crippen LogP contribution is 2.32. The van der Waals surface area contributed by atoms with E-state index in [0.717, 1.165) is 42.7 Å². The van der Waals surface area contributed by atoms with Gasteiger partial charge in [0.25, 0.3) is 0 Å². The molecule has 1 atom stereocenters. The van der Waals surface area contributed by atoms with E-state index in [2.05, 4.69) is 15.3 Å². The van der Waals surface area contributed by atoms with E-state index in [-0.39, 0.29) is 17.7 Å². The lowest BCUT2D eigenvalue weighted by Gasteiger charge is -2.23. The zero-order chi connectivity index (χ0) is 23.3. The Bertz CT molecular complexity index is 1130. The third-order valence-electron chi connectivity index (χ3n) is 5.37. The lowest BCUT2D eigenvalue weighted by Crippen LogP contribution is -2.25. The molecule has 1 fully saturated rings. The third-order valence-corrected chi connectivity index (χ3v) is 5.37. The Labute approximate surface area is 189 Å². The second-order valence-electron chi connectivity index (χ2n) is 7.88. The zero-order valence-electron chi connectivity index (χ0n) is 17.7. The fourth-order valence-electron chi connectivity index (χ4n) is 3.76. The van der Waals surface area contributed by atoms with E-state index in [4.69, 9.17) is 4.74 Å². The molecule has 170 valence electrons. The Hall–Kier alpha value is -3.68. The van der Waals surface area contributed by atoms with Gasteiger partial charge < -0.3 is 10.1 Å². The number of hydrogen-bond donors (Lipinski definition) is 1. The van der Waals surface area contributed by atoms with Crippen molar-refractivity contribution in [2.75, 3.05) is 5.32 Å². The van der Waals surface area contributed by atoms with Gasteiger partial charge in [-0.2, -0.15) is 13.2 Å². The van der Waals surface area contributed by atoms with Crippen molar-refractivity contribution >= 4 is 17.7 Å². The first-order valence-corrected chi connectivity index (χ1v) is 10.6. The van der Waals surface area contributed by atoms with Crippen molar-refractivity contribution in [2.45, 2.75) is 31.9 Å². The van der Waals surface area contributed by atoms with Crippen LogP contribution in [0.1, 0.15) is 36.8 Å². The number of carbonyl (C=O) groups is 1. The summed E-state index contributed by atoms with van der Waals surface area (Å²) in [5.74, 6) is 0.427. The molecule has 3 aromatic rings. The molecule has 5 nitrogen and oxygen atoms in total. The van der Waals surface area contributed by atoms with Crippen molar-refractivity contribution in [3.8, 4) is 11.6 Å². The molecule has 0 saturated heterocycles. The Morgan fingerprint density at radius 1 is 1.12 bits per heavy atom. The summed E-state index contributed by atoms with van der Waals surface area (Å²) in [5, 5.41) is 2.92. The van der Waals surface area contributed by atoms with Gasteiger partial charge in [-0.25, -0.2) is 4.98 Å².